The molecule has 0 saturated heterocycles. The Hall–Kier alpha value is -1.86. The Bertz CT molecular complexity index is 573. The second-order valence-corrected chi connectivity index (χ2v) is 5.41. The van der Waals surface area contributed by atoms with Gasteiger partial charge >= 0.3 is 0 Å². The molecular formula is C14H18N4O2S. The summed E-state index contributed by atoms with van der Waals surface area (Å²) in [5, 5.41) is 2.62. The van der Waals surface area contributed by atoms with Crippen LogP contribution in [0.2, 0.25) is 0 Å². The van der Waals surface area contributed by atoms with E-state index in [0.717, 1.165) is 17.1 Å². The summed E-state index contributed by atoms with van der Waals surface area (Å²) >= 11 is 1.45. The molecule has 0 aliphatic carbocycles. The minimum absolute atomic E-state index is 0.0527. The smallest absolute Gasteiger partial charge is 0.228 e. The van der Waals surface area contributed by atoms with Crippen molar-refractivity contribution in [3.63, 3.8) is 0 Å². The lowest BCUT2D eigenvalue weighted by Crippen LogP contribution is -2.29. The Morgan fingerprint density at radius 1 is 1.38 bits per heavy atom. The van der Waals surface area contributed by atoms with Crippen LogP contribution in [-0.2, 0) is 16.0 Å². The molecule has 7 heteroatoms. The molecule has 0 radical (unpaired) electrons. The van der Waals surface area contributed by atoms with E-state index in [0.29, 0.717) is 25.4 Å². The Morgan fingerprint density at radius 2 is 2.14 bits per heavy atom. The summed E-state index contributed by atoms with van der Waals surface area (Å²) < 4.78 is 4.98. The number of aromatic nitrogens is 3. The SMILES string of the molecule is COCCCN(C)C(=O)Cc1csc(-c2ncccn2)n1. The Labute approximate surface area is 127 Å². The maximum Gasteiger partial charge on any atom is 0.228 e. The first-order valence-electron chi connectivity index (χ1n) is 6.65. The lowest BCUT2D eigenvalue weighted by atomic mass is 10.3. The molecule has 2 heterocycles. The molecule has 1 amide bonds. The maximum atomic E-state index is 12.1. The van der Waals surface area contributed by atoms with Crippen LogP contribution in [0.5, 0.6) is 0 Å². The third-order valence-corrected chi connectivity index (χ3v) is 3.80. The number of likely N-dealkylation sites (N-methyl/N-ethyl adjacent to an activating group) is 1. The molecule has 0 atom stereocenters. The first-order valence-corrected chi connectivity index (χ1v) is 7.53. The third-order valence-electron chi connectivity index (χ3n) is 2.91. The van der Waals surface area contributed by atoms with Crippen LogP contribution in [0.25, 0.3) is 10.8 Å². The Kier molecular flexibility index (Phi) is 5.77. The predicted octanol–water partition coefficient (Wildman–Crippen LogP) is 1.64. The maximum absolute atomic E-state index is 12.1. The second kappa shape index (κ2) is 7.80. The van der Waals surface area contributed by atoms with Gasteiger partial charge in [-0.1, -0.05) is 0 Å². The van der Waals surface area contributed by atoms with Gasteiger partial charge in [0, 0.05) is 45.1 Å². The summed E-state index contributed by atoms with van der Waals surface area (Å²) in [7, 11) is 3.45. The highest BCUT2D eigenvalue weighted by Crippen LogP contribution is 2.19. The normalized spacial score (nSPS) is 10.6. The Balaban J connectivity index is 1.92. The first-order chi connectivity index (χ1) is 10.2. The summed E-state index contributed by atoms with van der Waals surface area (Å²) in [6.07, 6.45) is 4.49. The van der Waals surface area contributed by atoms with Crippen molar-refractivity contribution in [1.29, 1.82) is 0 Å². The molecule has 0 bridgehead atoms. The molecular weight excluding hydrogens is 288 g/mol. The molecule has 0 unspecified atom stereocenters. The monoisotopic (exact) mass is 306 g/mol. The van der Waals surface area contributed by atoms with Crippen LogP contribution in [-0.4, -0.2) is 53.1 Å². The number of nitrogens with zero attached hydrogens (tertiary/aromatic N) is 4. The Morgan fingerprint density at radius 3 is 2.86 bits per heavy atom. The molecule has 2 aromatic rings. The zero-order chi connectivity index (χ0) is 15.1. The number of rotatable bonds is 7. The zero-order valence-corrected chi connectivity index (χ0v) is 13.0. The number of thiazole rings is 1. The molecule has 0 N–H and O–H groups in total. The largest absolute Gasteiger partial charge is 0.385 e. The fourth-order valence-corrected chi connectivity index (χ4v) is 2.53. The van der Waals surface area contributed by atoms with Crippen molar-refractivity contribution in [2.75, 3.05) is 27.3 Å². The molecule has 0 fully saturated rings. The van der Waals surface area contributed by atoms with Gasteiger partial charge in [-0.15, -0.1) is 11.3 Å². The van der Waals surface area contributed by atoms with E-state index in [1.807, 2.05) is 5.38 Å². The van der Waals surface area contributed by atoms with Crippen molar-refractivity contribution in [3.8, 4) is 10.8 Å². The average molecular weight is 306 g/mol. The van der Waals surface area contributed by atoms with Crippen LogP contribution in [0.3, 0.4) is 0 Å². The second-order valence-electron chi connectivity index (χ2n) is 4.55. The van der Waals surface area contributed by atoms with Gasteiger partial charge in [0.25, 0.3) is 0 Å². The van der Waals surface area contributed by atoms with Crippen LogP contribution in [0.15, 0.2) is 23.8 Å². The van der Waals surface area contributed by atoms with Gasteiger partial charge in [-0.05, 0) is 12.5 Å². The van der Waals surface area contributed by atoms with E-state index in [1.54, 1.807) is 37.5 Å². The number of carbonyl (C=O) groups excluding carboxylic acids is 1. The van der Waals surface area contributed by atoms with Crippen LogP contribution in [0.1, 0.15) is 12.1 Å². The predicted molar refractivity (Wildman–Crippen MR) is 81.0 cm³/mol. The molecule has 0 aliphatic rings. The molecule has 21 heavy (non-hydrogen) atoms. The zero-order valence-electron chi connectivity index (χ0n) is 12.2. The van der Waals surface area contributed by atoms with E-state index < -0.39 is 0 Å². The van der Waals surface area contributed by atoms with Crippen LogP contribution >= 0.6 is 11.3 Å². The van der Waals surface area contributed by atoms with E-state index in [4.69, 9.17) is 4.74 Å². The number of carbonyl (C=O) groups is 1. The molecule has 0 aliphatic heterocycles. The lowest BCUT2D eigenvalue weighted by molar-refractivity contribution is -0.129. The number of methoxy groups -OCH3 is 1. The van der Waals surface area contributed by atoms with Crippen molar-refractivity contribution in [1.82, 2.24) is 19.9 Å². The average Bonchev–Trinajstić information content (AvgIpc) is 2.97. The van der Waals surface area contributed by atoms with Gasteiger partial charge in [-0.2, -0.15) is 0 Å². The van der Waals surface area contributed by atoms with Gasteiger partial charge in [0.15, 0.2) is 10.8 Å². The summed E-state index contributed by atoms with van der Waals surface area (Å²) in [5.74, 6) is 0.645. The van der Waals surface area contributed by atoms with E-state index in [2.05, 4.69) is 15.0 Å². The van der Waals surface area contributed by atoms with Crippen molar-refractivity contribution in [2.45, 2.75) is 12.8 Å². The minimum Gasteiger partial charge on any atom is -0.385 e. The van der Waals surface area contributed by atoms with Gasteiger partial charge in [-0.25, -0.2) is 15.0 Å². The molecule has 0 spiro atoms. The number of hydrogen-bond donors (Lipinski definition) is 0. The van der Waals surface area contributed by atoms with Gasteiger partial charge in [0.2, 0.25) is 5.91 Å². The van der Waals surface area contributed by atoms with Crippen molar-refractivity contribution in [2.24, 2.45) is 0 Å². The molecule has 112 valence electrons. The molecule has 0 aromatic carbocycles. The minimum atomic E-state index is 0.0527. The highest BCUT2D eigenvalue weighted by Gasteiger charge is 2.13. The molecule has 6 nitrogen and oxygen atoms in total. The van der Waals surface area contributed by atoms with E-state index in [9.17, 15) is 4.79 Å². The highest BCUT2D eigenvalue weighted by atomic mass is 32.1. The summed E-state index contributed by atoms with van der Waals surface area (Å²) in [6.45, 7) is 1.34. The molecule has 0 saturated carbocycles. The van der Waals surface area contributed by atoms with Crippen LogP contribution in [0, 0.1) is 0 Å². The summed E-state index contributed by atoms with van der Waals surface area (Å²) in [5.41, 5.74) is 0.756. The van der Waals surface area contributed by atoms with E-state index >= 15 is 0 Å². The standard InChI is InChI=1S/C14H18N4O2S/c1-18(7-4-8-20-2)12(19)9-11-10-21-14(17-11)13-15-5-3-6-16-13/h3,5-6,10H,4,7-9H2,1-2H3. The van der Waals surface area contributed by atoms with Crippen molar-refractivity contribution in [3.05, 3.63) is 29.5 Å². The topological polar surface area (TPSA) is 68.2 Å². The summed E-state index contributed by atoms with van der Waals surface area (Å²) in [6, 6.07) is 1.76. The molecule has 2 aromatic heterocycles. The summed E-state index contributed by atoms with van der Waals surface area (Å²) in [4.78, 5) is 26.5. The van der Waals surface area contributed by atoms with E-state index in [1.165, 1.54) is 11.3 Å². The molecule has 2 rings (SSSR count). The van der Waals surface area contributed by atoms with Crippen LogP contribution in [0.4, 0.5) is 0 Å². The van der Waals surface area contributed by atoms with Crippen LogP contribution < -0.4 is 0 Å². The number of amides is 1. The highest BCUT2D eigenvalue weighted by molar-refractivity contribution is 7.13. The fraction of sp³-hybridized carbons (Fsp3) is 0.429. The lowest BCUT2D eigenvalue weighted by Gasteiger charge is -2.16. The van der Waals surface area contributed by atoms with E-state index in [-0.39, 0.29) is 5.91 Å². The quantitative estimate of drug-likeness (QED) is 0.727. The van der Waals surface area contributed by atoms with Gasteiger partial charge in [0.05, 0.1) is 12.1 Å². The van der Waals surface area contributed by atoms with Gasteiger partial charge < -0.3 is 9.64 Å². The van der Waals surface area contributed by atoms with Crippen molar-refractivity contribution < 1.29 is 9.53 Å². The number of hydrogen-bond acceptors (Lipinski definition) is 6. The van der Waals surface area contributed by atoms with Crippen molar-refractivity contribution >= 4 is 17.2 Å². The third kappa shape index (κ3) is 4.57. The van der Waals surface area contributed by atoms with Gasteiger partial charge in [-0.3, -0.25) is 4.79 Å². The first kappa shape index (κ1) is 15.5. The fourth-order valence-electron chi connectivity index (χ4n) is 1.76. The van der Waals surface area contributed by atoms with Gasteiger partial charge in [0.1, 0.15) is 0 Å². The number of ether oxygens (including phenoxy) is 1.